The first-order chi connectivity index (χ1) is 15.2. The molecule has 1 atom stereocenters. The number of hydrogen-bond donors (Lipinski definition) is 1. The van der Waals surface area contributed by atoms with Gasteiger partial charge >= 0.3 is 0 Å². The second-order valence-corrected chi connectivity index (χ2v) is 7.60. The highest BCUT2D eigenvalue weighted by Gasteiger charge is 2.36. The molecule has 0 bridgehead atoms. The molecule has 0 saturated heterocycles. The Morgan fingerprint density at radius 1 is 0.935 bits per heavy atom. The normalized spacial score (nSPS) is 15.2. The van der Waals surface area contributed by atoms with E-state index in [9.17, 15) is 9.59 Å². The van der Waals surface area contributed by atoms with E-state index in [0.717, 1.165) is 18.4 Å². The third-order valence-corrected chi connectivity index (χ3v) is 5.40. The van der Waals surface area contributed by atoms with Crippen molar-refractivity contribution in [1.29, 1.82) is 0 Å². The maximum atomic E-state index is 13.7. The Morgan fingerprint density at radius 3 is 2.39 bits per heavy atom. The van der Waals surface area contributed by atoms with Gasteiger partial charge in [0.2, 0.25) is 5.91 Å². The largest absolute Gasteiger partial charge is 0.456 e. The molecule has 0 fully saturated rings. The molecule has 0 radical (unpaired) electrons. The third kappa shape index (κ3) is 4.45. The van der Waals surface area contributed by atoms with Gasteiger partial charge in [-0.3, -0.25) is 9.59 Å². The summed E-state index contributed by atoms with van der Waals surface area (Å²) >= 11 is 0. The fraction of sp³-hybridized carbons (Fsp3) is 0.231. The molecule has 1 aliphatic heterocycles. The number of benzene rings is 3. The summed E-state index contributed by atoms with van der Waals surface area (Å²) in [5.41, 5.74) is 2.08. The Balaban J connectivity index is 1.83. The second kappa shape index (κ2) is 9.47. The smallest absolute Gasteiger partial charge is 0.258 e. The van der Waals surface area contributed by atoms with E-state index in [1.807, 2.05) is 66.7 Å². The average molecular weight is 415 g/mol. The lowest BCUT2D eigenvalue weighted by Gasteiger charge is -2.34. The molecule has 31 heavy (non-hydrogen) atoms. The van der Waals surface area contributed by atoms with Crippen LogP contribution in [0.1, 0.15) is 47.3 Å². The highest BCUT2D eigenvalue weighted by Crippen LogP contribution is 2.39. The summed E-state index contributed by atoms with van der Waals surface area (Å²) in [7, 11) is 0. The minimum Gasteiger partial charge on any atom is -0.456 e. The number of hydrogen-bond acceptors (Lipinski definition) is 3. The number of nitrogens with zero attached hydrogens (tertiary/aromatic N) is 1. The highest BCUT2D eigenvalue weighted by atomic mass is 16.5. The van der Waals surface area contributed by atoms with Crippen LogP contribution in [0, 0.1) is 0 Å². The second-order valence-electron chi connectivity index (χ2n) is 7.60. The van der Waals surface area contributed by atoms with Crippen molar-refractivity contribution in [3.05, 3.63) is 95.6 Å². The molecule has 3 aromatic rings. The summed E-state index contributed by atoms with van der Waals surface area (Å²) in [5, 5.41) is 3.01. The highest BCUT2D eigenvalue weighted by molar-refractivity contribution is 6.00. The minimum atomic E-state index is -0.797. The molecule has 0 spiro atoms. The Hall–Kier alpha value is -3.60. The van der Waals surface area contributed by atoms with Crippen LogP contribution in [-0.4, -0.2) is 23.3 Å². The van der Waals surface area contributed by atoms with Crippen molar-refractivity contribution < 1.29 is 14.3 Å². The van der Waals surface area contributed by atoms with Crippen molar-refractivity contribution in [2.45, 2.75) is 32.4 Å². The van der Waals surface area contributed by atoms with E-state index < -0.39 is 6.04 Å². The predicted molar refractivity (Wildman–Crippen MR) is 120 cm³/mol. The lowest BCUT2D eigenvalue weighted by atomic mass is 9.99. The van der Waals surface area contributed by atoms with Crippen LogP contribution >= 0.6 is 0 Å². The molecule has 0 aliphatic carbocycles. The summed E-state index contributed by atoms with van der Waals surface area (Å²) in [6.07, 6.45) is 1.86. The molecular weight excluding hydrogens is 388 g/mol. The van der Waals surface area contributed by atoms with Gasteiger partial charge in [0.15, 0.2) is 0 Å². The van der Waals surface area contributed by atoms with Crippen molar-refractivity contribution in [1.82, 2.24) is 10.2 Å². The van der Waals surface area contributed by atoms with Gasteiger partial charge in [0.1, 0.15) is 17.5 Å². The molecule has 1 N–H and O–H groups in total. The van der Waals surface area contributed by atoms with E-state index in [1.54, 1.807) is 17.0 Å². The number of amides is 2. The van der Waals surface area contributed by atoms with Crippen LogP contribution in [0.2, 0.25) is 0 Å². The molecule has 1 unspecified atom stereocenters. The minimum absolute atomic E-state index is 0.201. The quantitative estimate of drug-likeness (QED) is 0.572. The molecule has 2 amide bonds. The molecule has 1 aliphatic rings. The van der Waals surface area contributed by atoms with Gasteiger partial charge in [-0.2, -0.15) is 0 Å². The molecule has 4 rings (SSSR count). The number of ether oxygens (including phenoxy) is 1. The van der Waals surface area contributed by atoms with Gasteiger partial charge in [-0.1, -0.05) is 74.0 Å². The van der Waals surface area contributed by atoms with Crippen LogP contribution in [0.4, 0.5) is 0 Å². The van der Waals surface area contributed by atoms with Gasteiger partial charge in [-0.05, 0) is 30.2 Å². The number of carbonyl (C=O) groups excluding carboxylic acids is 2. The molecule has 0 aromatic heterocycles. The van der Waals surface area contributed by atoms with Crippen molar-refractivity contribution in [3.8, 4) is 11.5 Å². The average Bonchev–Trinajstić information content (AvgIpc) is 2.80. The first-order valence-corrected chi connectivity index (χ1v) is 10.7. The van der Waals surface area contributed by atoms with Crippen LogP contribution in [0.15, 0.2) is 78.9 Å². The molecule has 5 nitrogen and oxygen atoms in total. The van der Waals surface area contributed by atoms with Gasteiger partial charge in [-0.25, -0.2) is 0 Å². The Kier molecular flexibility index (Phi) is 6.32. The van der Waals surface area contributed by atoms with Crippen molar-refractivity contribution in [2.24, 2.45) is 0 Å². The monoisotopic (exact) mass is 414 g/mol. The molecule has 5 heteroatoms. The number of fused-ring (bicyclic) bond motifs is 2. The van der Waals surface area contributed by atoms with Crippen molar-refractivity contribution >= 4 is 11.8 Å². The number of carbonyl (C=O) groups is 2. The summed E-state index contributed by atoms with van der Waals surface area (Å²) in [4.78, 5) is 28.8. The van der Waals surface area contributed by atoms with E-state index >= 15 is 0 Å². The number of unbranched alkanes of at least 4 members (excludes halogenated alkanes) is 1. The van der Waals surface area contributed by atoms with Crippen LogP contribution in [0.25, 0.3) is 0 Å². The SMILES string of the molecule is CCCCNC(=O)C1c2ccccc2Oc2ccccc2C(=O)N1Cc1ccccc1. The van der Waals surface area contributed by atoms with Gasteiger partial charge in [0, 0.05) is 18.7 Å². The van der Waals surface area contributed by atoms with E-state index in [-0.39, 0.29) is 11.8 Å². The zero-order valence-electron chi connectivity index (χ0n) is 17.6. The Labute approximate surface area is 182 Å². The summed E-state index contributed by atoms with van der Waals surface area (Å²) in [5.74, 6) is 0.636. The number of rotatable bonds is 6. The van der Waals surface area contributed by atoms with Gasteiger partial charge in [0.05, 0.1) is 5.56 Å². The fourth-order valence-electron chi connectivity index (χ4n) is 3.80. The van der Waals surface area contributed by atoms with E-state index in [0.29, 0.717) is 35.7 Å². The first kappa shape index (κ1) is 20.7. The van der Waals surface area contributed by atoms with Crippen LogP contribution in [-0.2, 0) is 11.3 Å². The van der Waals surface area contributed by atoms with Crippen molar-refractivity contribution in [2.75, 3.05) is 6.54 Å². The summed E-state index contributed by atoms with van der Waals surface area (Å²) in [6.45, 7) is 2.96. The van der Waals surface area contributed by atoms with Crippen LogP contribution in [0.5, 0.6) is 11.5 Å². The Morgan fingerprint density at radius 2 is 1.61 bits per heavy atom. The topological polar surface area (TPSA) is 58.6 Å². The summed E-state index contributed by atoms with van der Waals surface area (Å²) in [6, 6.07) is 23.6. The maximum absolute atomic E-state index is 13.7. The maximum Gasteiger partial charge on any atom is 0.258 e. The Bertz CT molecular complexity index is 1070. The molecule has 0 saturated carbocycles. The predicted octanol–water partition coefficient (Wildman–Crippen LogP) is 5.09. The first-order valence-electron chi connectivity index (χ1n) is 10.7. The molecule has 3 aromatic carbocycles. The van der Waals surface area contributed by atoms with Gasteiger partial charge in [-0.15, -0.1) is 0 Å². The number of nitrogens with one attached hydrogen (secondary N) is 1. The van der Waals surface area contributed by atoms with Crippen LogP contribution in [0.3, 0.4) is 0 Å². The molecule has 1 heterocycles. The lowest BCUT2D eigenvalue weighted by molar-refractivity contribution is -0.126. The van der Waals surface area contributed by atoms with Crippen LogP contribution < -0.4 is 10.1 Å². The third-order valence-electron chi connectivity index (χ3n) is 5.40. The van der Waals surface area contributed by atoms with E-state index in [2.05, 4.69) is 12.2 Å². The summed E-state index contributed by atoms with van der Waals surface area (Å²) < 4.78 is 6.13. The zero-order chi connectivity index (χ0) is 21.6. The fourth-order valence-corrected chi connectivity index (χ4v) is 3.80. The standard InChI is InChI=1S/C26H26N2O3/c1-2-3-17-27-25(29)24-20-13-7-9-15-22(20)31-23-16-10-8-14-21(23)26(30)28(24)18-19-11-5-4-6-12-19/h4-16,24H,2-3,17-18H2,1H3,(H,27,29). The number of para-hydroxylation sites is 2. The van der Waals surface area contributed by atoms with E-state index in [1.165, 1.54) is 0 Å². The van der Waals surface area contributed by atoms with Gasteiger partial charge < -0.3 is 15.0 Å². The molecular formula is C26H26N2O3. The van der Waals surface area contributed by atoms with E-state index in [4.69, 9.17) is 4.74 Å². The zero-order valence-corrected chi connectivity index (χ0v) is 17.6. The van der Waals surface area contributed by atoms with Crippen molar-refractivity contribution in [3.63, 3.8) is 0 Å². The lowest BCUT2D eigenvalue weighted by Crippen LogP contribution is -2.44. The van der Waals surface area contributed by atoms with Gasteiger partial charge in [0.25, 0.3) is 5.91 Å². The molecule has 158 valence electrons.